The summed E-state index contributed by atoms with van der Waals surface area (Å²) >= 11 is 0. The van der Waals surface area contributed by atoms with E-state index in [9.17, 15) is 4.79 Å². The van der Waals surface area contributed by atoms with Gasteiger partial charge in [0, 0.05) is 25.2 Å². The summed E-state index contributed by atoms with van der Waals surface area (Å²) in [4.78, 5) is 15.3. The molecule has 0 aromatic carbocycles. The summed E-state index contributed by atoms with van der Waals surface area (Å²) in [6.45, 7) is 6.96. The zero-order valence-corrected chi connectivity index (χ0v) is 11.6. The van der Waals surface area contributed by atoms with Crippen molar-refractivity contribution < 1.29 is 14.6 Å². The molecule has 2 rings (SSSR count). The van der Waals surface area contributed by atoms with Crippen molar-refractivity contribution in [3.05, 3.63) is 0 Å². The fraction of sp³-hybridized carbons (Fsp3) is 0.923. The van der Waals surface area contributed by atoms with Gasteiger partial charge in [0.25, 0.3) is 0 Å². The van der Waals surface area contributed by atoms with Crippen LogP contribution in [-0.4, -0.2) is 71.8 Å². The Kier molecular flexibility index (Phi) is 3.94. The highest BCUT2D eigenvalue weighted by Gasteiger charge is 2.44. The highest BCUT2D eigenvalue weighted by Crippen LogP contribution is 2.31. The first-order valence-electron chi connectivity index (χ1n) is 6.70. The third-order valence-corrected chi connectivity index (χ3v) is 4.32. The highest BCUT2D eigenvalue weighted by atomic mass is 16.5. The Balaban J connectivity index is 1.76. The smallest absolute Gasteiger partial charge is 0.329 e. The number of carboxylic acids is 1. The number of carbonyl (C=O) groups is 1. The van der Waals surface area contributed by atoms with Crippen LogP contribution in [0.15, 0.2) is 0 Å². The van der Waals surface area contributed by atoms with Crippen LogP contribution in [0, 0.1) is 0 Å². The number of hydrogen-bond acceptors (Lipinski definition) is 4. The Morgan fingerprint density at radius 2 is 2.17 bits per heavy atom. The van der Waals surface area contributed by atoms with Crippen LogP contribution in [0.1, 0.15) is 26.7 Å². The first kappa shape index (κ1) is 13.8. The van der Waals surface area contributed by atoms with Crippen molar-refractivity contribution in [3.63, 3.8) is 0 Å². The molecule has 2 aliphatic heterocycles. The van der Waals surface area contributed by atoms with Gasteiger partial charge in [0.15, 0.2) is 0 Å². The van der Waals surface area contributed by atoms with Crippen LogP contribution in [0.3, 0.4) is 0 Å². The first-order valence-corrected chi connectivity index (χ1v) is 6.70. The van der Waals surface area contributed by atoms with E-state index in [1.165, 1.54) is 12.8 Å². The van der Waals surface area contributed by atoms with Gasteiger partial charge in [0.2, 0.25) is 0 Å². The zero-order chi connectivity index (χ0) is 13.3. The molecule has 0 saturated carbocycles. The molecule has 2 fully saturated rings. The molecule has 2 aliphatic rings. The number of likely N-dealkylation sites (tertiary alicyclic amines) is 2. The van der Waals surface area contributed by atoms with Crippen molar-refractivity contribution in [2.24, 2.45) is 0 Å². The second-order valence-electron chi connectivity index (χ2n) is 6.05. The quantitative estimate of drug-likeness (QED) is 0.800. The average molecular weight is 256 g/mol. The second kappa shape index (κ2) is 5.15. The van der Waals surface area contributed by atoms with E-state index in [0.717, 1.165) is 19.6 Å². The molecule has 5 nitrogen and oxygen atoms in total. The Morgan fingerprint density at radius 3 is 2.72 bits per heavy atom. The number of piperidine rings is 1. The van der Waals surface area contributed by atoms with Crippen molar-refractivity contribution in [2.75, 3.05) is 33.3 Å². The lowest BCUT2D eigenvalue weighted by Crippen LogP contribution is -2.66. The fourth-order valence-corrected chi connectivity index (χ4v) is 2.99. The van der Waals surface area contributed by atoms with E-state index in [-0.39, 0.29) is 12.2 Å². The van der Waals surface area contributed by atoms with Crippen molar-refractivity contribution in [2.45, 2.75) is 44.4 Å². The van der Waals surface area contributed by atoms with E-state index >= 15 is 0 Å². The van der Waals surface area contributed by atoms with Crippen LogP contribution in [0.4, 0.5) is 0 Å². The molecular formula is C13H24N2O3. The van der Waals surface area contributed by atoms with Crippen LogP contribution in [0.25, 0.3) is 0 Å². The average Bonchev–Trinajstić information content (AvgIpc) is 2.26. The van der Waals surface area contributed by atoms with E-state index in [4.69, 9.17) is 9.84 Å². The monoisotopic (exact) mass is 256 g/mol. The number of rotatable bonds is 4. The van der Waals surface area contributed by atoms with Crippen LogP contribution >= 0.6 is 0 Å². The summed E-state index contributed by atoms with van der Waals surface area (Å²) in [5.41, 5.74) is -0.259. The minimum absolute atomic E-state index is 0.186. The van der Waals surface area contributed by atoms with Crippen molar-refractivity contribution >= 4 is 5.97 Å². The maximum atomic E-state index is 10.5. The molecule has 5 heteroatoms. The molecule has 0 radical (unpaired) electrons. The van der Waals surface area contributed by atoms with Gasteiger partial charge in [0.1, 0.15) is 6.61 Å². The van der Waals surface area contributed by atoms with E-state index in [1.54, 1.807) is 0 Å². The lowest BCUT2D eigenvalue weighted by molar-refractivity contribution is -0.172. The standard InChI is InChI=1S/C13H24N2O3/c1-10-6-11(4-5-14(10)3)15-8-13(2,9-15)18-7-12(16)17/h10-11H,4-9H2,1-3H3,(H,16,17). The molecule has 1 N–H and O–H groups in total. The molecule has 2 saturated heterocycles. The molecule has 104 valence electrons. The third kappa shape index (κ3) is 3.02. The lowest BCUT2D eigenvalue weighted by atomic mass is 9.89. The van der Waals surface area contributed by atoms with E-state index in [1.807, 2.05) is 6.92 Å². The third-order valence-electron chi connectivity index (χ3n) is 4.32. The summed E-state index contributed by atoms with van der Waals surface area (Å²) in [6, 6.07) is 1.27. The van der Waals surface area contributed by atoms with Crippen molar-refractivity contribution in [1.82, 2.24) is 9.80 Å². The van der Waals surface area contributed by atoms with Gasteiger partial charge in [-0.05, 0) is 40.3 Å². The minimum atomic E-state index is -0.886. The predicted molar refractivity (Wildman–Crippen MR) is 68.7 cm³/mol. The molecule has 2 atom stereocenters. The van der Waals surface area contributed by atoms with Crippen molar-refractivity contribution in [3.8, 4) is 0 Å². The fourth-order valence-electron chi connectivity index (χ4n) is 2.99. The number of aliphatic carboxylic acids is 1. The molecule has 18 heavy (non-hydrogen) atoms. The van der Waals surface area contributed by atoms with Gasteiger partial charge >= 0.3 is 5.97 Å². The van der Waals surface area contributed by atoms with Crippen LogP contribution in [0.2, 0.25) is 0 Å². The summed E-state index contributed by atoms with van der Waals surface area (Å²) in [6.07, 6.45) is 2.40. The molecule has 0 aliphatic carbocycles. The topological polar surface area (TPSA) is 53.0 Å². The van der Waals surface area contributed by atoms with Gasteiger partial charge in [-0.25, -0.2) is 4.79 Å². The normalized spacial score (nSPS) is 33.1. The van der Waals surface area contributed by atoms with Gasteiger partial charge in [-0.3, -0.25) is 4.90 Å². The molecular weight excluding hydrogens is 232 g/mol. The molecule has 0 aromatic rings. The first-order chi connectivity index (χ1) is 8.39. The largest absolute Gasteiger partial charge is 0.480 e. The molecule has 2 heterocycles. The molecule has 0 spiro atoms. The second-order valence-corrected chi connectivity index (χ2v) is 6.05. The molecule has 0 bridgehead atoms. The summed E-state index contributed by atoms with van der Waals surface area (Å²) in [7, 11) is 2.18. The SMILES string of the molecule is CC1CC(N2CC(C)(OCC(=O)O)C2)CCN1C. The maximum Gasteiger partial charge on any atom is 0.329 e. The summed E-state index contributed by atoms with van der Waals surface area (Å²) < 4.78 is 5.44. The lowest BCUT2D eigenvalue weighted by Gasteiger charge is -2.53. The van der Waals surface area contributed by atoms with E-state index in [2.05, 4.69) is 23.8 Å². The zero-order valence-electron chi connectivity index (χ0n) is 11.6. The number of carboxylic acid groups (broad SMARTS) is 1. The molecule has 0 aromatic heterocycles. The maximum absolute atomic E-state index is 10.5. The summed E-state index contributed by atoms with van der Waals surface area (Å²) in [5.74, 6) is -0.886. The van der Waals surface area contributed by atoms with Crippen molar-refractivity contribution in [1.29, 1.82) is 0 Å². The van der Waals surface area contributed by atoms with Gasteiger partial charge in [-0.1, -0.05) is 0 Å². The Hall–Kier alpha value is -0.650. The highest BCUT2D eigenvalue weighted by molar-refractivity contribution is 5.68. The van der Waals surface area contributed by atoms with Gasteiger partial charge in [-0.15, -0.1) is 0 Å². The minimum Gasteiger partial charge on any atom is -0.480 e. The van der Waals surface area contributed by atoms with Gasteiger partial charge in [0.05, 0.1) is 5.60 Å². The number of nitrogens with zero attached hydrogens (tertiary/aromatic N) is 2. The Labute approximate surface area is 109 Å². The summed E-state index contributed by atoms with van der Waals surface area (Å²) in [5, 5.41) is 8.63. The van der Waals surface area contributed by atoms with E-state index < -0.39 is 5.97 Å². The predicted octanol–water partition coefficient (Wildman–Crippen LogP) is 0.645. The molecule has 2 unspecified atom stereocenters. The Morgan fingerprint density at radius 1 is 1.50 bits per heavy atom. The van der Waals surface area contributed by atoms with Crippen LogP contribution in [0.5, 0.6) is 0 Å². The van der Waals surface area contributed by atoms with E-state index in [0.29, 0.717) is 12.1 Å². The number of hydrogen-bond donors (Lipinski definition) is 1. The molecule has 0 amide bonds. The van der Waals surface area contributed by atoms with Gasteiger partial charge in [-0.2, -0.15) is 0 Å². The van der Waals surface area contributed by atoms with Crippen LogP contribution < -0.4 is 0 Å². The number of ether oxygens (including phenoxy) is 1. The Bertz CT molecular complexity index is 315. The van der Waals surface area contributed by atoms with Gasteiger partial charge < -0.3 is 14.7 Å². The van der Waals surface area contributed by atoms with Crippen LogP contribution in [-0.2, 0) is 9.53 Å².